The summed E-state index contributed by atoms with van der Waals surface area (Å²) >= 11 is 0. The van der Waals surface area contributed by atoms with Crippen LogP contribution in [-0.4, -0.2) is 37.0 Å². The van der Waals surface area contributed by atoms with E-state index >= 15 is 0 Å². The molecule has 0 aromatic heterocycles. The van der Waals surface area contributed by atoms with Crippen molar-refractivity contribution < 1.29 is 4.79 Å². The van der Waals surface area contributed by atoms with E-state index < -0.39 is 0 Å². The van der Waals surface area contributed by atoms with Crippen LogP contribution in [0.5, 0.6) is 0 Å². The van der Waals surface area contributed by atoms with Crippen LogP contribution in [-0.2, 0) is 4.79 Å². The lowest BCUT2D eigenvalue weighted by Gasteiger charge is -2.30. The number of hydrogen-bond donors (Lipinski definition) is 1. The molecule has 3 nitrogen and oxygen atoms in total. The Morgan fingerprint density at radius 3 is 2.76 bits per heavy atom. The van der Waals surface area contributed by atoms with Gasteiger partial charge in [-0.25, -0.2) is 0 Å². The lowest BCUT2D eigenvalue weighted by Crippen LogP contribution is -2.41. The van der Waals surface area contributed by atoms with Crippen molar-refractivity contribution in [2.45, 2.75) is 46.5 Å². The van der Waals surface area contributed by atoms with Crippen molar-refractivity contribution in [1.29, 1.82) is 0 Å². The van der Waals surface area contributed by atoms with Gasteiger partial charge in [0.1, 0.15) is 0 Å². The highest BCUT2D eigenvalue weighted by Gasteiger charge is 2.20. The fraction of sp³-hybridized carbons (Fsp3) is 0.929. The summed E-state index contributed by atoms with van der Waals surface area (Å²) in [5, 5.41) is 3.42. The summed E-state index contributed by atoms with van der Waals surface area (Å²) in [6.45, 7) is 10.4. The van der Waals surface area contributed by atoms with Crippen LogP contribution in [0.15, 0.2) is 0 Å². The van der Waals surface area contributed by atoms with E-state index in [1.165, 1.54) is 12.8 Å². The number of nitrogens with one attached hydrogen (secondary N) is 1. The Bertz CT molecular complexity index is 224. The van der Waals surface area contributed by atoms with Gasteiger partial charge in [-0.15, -0.1) is 0 Å². The van der Waals surface area contributed by atoms with E-state index in [1.807, 2.05) is 4.90 Å². The zero-order chi connectivity index (χ0) is 12.7. The molecule has 1 aliphatic heterocycles. The van der Waals surface area contributed by atoms with Gasteiger partial charge in [-0.2, -0.15) is 0 Å². The van der Waals surface area contributed by atoms with Crippen LogP contribution in [0.25, 0.3) is 0 Å². The molecule has 0 aromatic rings. The molecule has 100 valence electrons. The number of carbonyl (C=O) groups is 1. The van der Waals surface area contributed by atoms with Crippen molar-refractivity contribution in [2.24, 2.45) is 11.8 Å². The second-order valence-electron chi connectivity index (χ2n) is 5.36. The van der Waals surface area contributed by atoms with Crippen molar-refractivity contribution in [3.8, 4) is 0 Å². The molecule has 3 heteroatoms. The maximum absolute atomic E-state index is 12.1. The van der Waals surface area contributed by atoms with Crippen LogP contribution >= 0.6 is 0 Å². The smallest absolute Gasteiger partial charge is 0.222 e. The first kappa shape index (κ1) is 14.5. The van der Waals surface area contributed by atoms with E-state index in [2.05, 4.69) is 26.1 Å². The average Bonchev–Trinajstić information content (AvgIpc) is 2.36. The minimum Gasteiger partial charge on any atom is -0.343 e. The van der Waals surface area contributed by atoms with Crippen LogP contribution in [0, 0.1) is 11.8 Å². The number of nitrogens with zero attached hydrogens (tertiary/aromatic N) is 1. The molecule has 17 heavy (non-hydrogen) atoms. The second kappa shape index (κ2) is 7.70. The Morgan fingerprint density at radius 2 is 2.24 bits per heavy atom. The van der Waals surface area contributed by atoms with Gasteiger partial charge < -0.3 is 10.2 Å². The predicted molar refractivity (Wildman–Crippen MR) is 71.9 cm³/mol. The fourth-order valence-electron chi connectivity index (χ4n) is 2.37. The highest BCUT2D eigenvalue weighted by molar-refractivity contribution is 5.76. The molecule has 0 aliphatic carbocycles. The first-order chi connectivity index (χ1) is 8.17. The van der Waals surface area contributed by atoms with Crippen LogP contribution in [0.4, 0.5) is 0 Å². The molecule has 0 radical (unpaired) electrons. The van der Waals surface area contributed by atoms with Crippen LogP contribution in [0.1, 0.15) is 46.5 Å². The third-order valence-electron chi connectivity index (χ3n) is 3.83. The maximum atomic E-state index is 12.1. The summed E-state index contributed by atoms with van der Waals surface area (Å²) in [4.78, 5) is 14.2. The molecule has 1 saturated heterocycles. The molecule has 1 fully saturated rings. The Labute approximate surface area is 106 Å². The van der Waals surface area contributed by atoms with Gasteiger partial charge in [0, 0.05) is 19.5 Å². The number of carbonyl (C=O) groups excluding carboxylic acids is 1. The number of rotatable bonds is 6. The van der Waals surface area contributed by atoms with Crippen LogP contribution in [0.3, 0.4) is 0 Å². The number of hydrogen-bond acceptors (Lipinski definition) is 2. The molecule has 2 atom stereocenters. The molecular formula is C14H28N2O. The normalized spacial score (nSPS) is 22.2. The minimum absolute atomic E-state index is 0.340. The quantitative estimate of drug-likeness (QED) is 0.772. The van der Waals surface area contributed by atoms with E-state index in [4.69, 9.17) is 0 Å². The zero-order valence-corrected chi connectivity index (χ0v) is 11.7. The molecule has 0 bridgehead atoms. The van der Waals surface area contributed by atoms with Gasteiger partial charge >= 0.3 is 0 Å². The van der Waals surface area contributed by atoms with Gasteiger partial charge in [-0.05, 0) is 44.7 Å². The molecule has 1 heterocycles. The fourth-order valence-corrected chi connectivity index (χ4v) is 2.37. The number of amides is 1. The van der Waals surface area contributed by atoms with Gasteiger partial charge in [-0.1, -0.05) is 20.3 Å². The molecule has 0 saturated carbocycles. The minimum atomic E-state index is 0.340. The summed E-state index contributed by atoms with van der Waals surface area (Å²) in [5.41, 5.74) is 0. The van der Waals surface area contributed by atoms with E-state index in [0.29, 0.717) is 24.2 Å². The summed E-state index contributed by atoms with van der Waals surface area (Å²) in [6.07, 6.45) is 4.32. The van der Waals surface area contributed by atoms with Crippen LogP contribution in [0.2, 0.25) is 0 Å². The Hall–Kier alpha value is -0.570. The van der Waals surface area contributed by atoms with Crippen molar-refractivity contribution >= 4 is 5.91 Å². The van der Waals surface area contributed by atoms with Gasteiger partial charge in [0.05, 0.1) is 0 Å². The molecular weight excluding hydrogens is 212 g/mol. The third-order valence-corrected chi connectivity index (χ3v) is 3.83. The van der Waals surface area contributed by atoms with E-state index in [9.17, 15) is 4.79 Å². The third kappa shape index (κ3) is 5.07. The summed E-state index contributed by atoms with van der Waals surface area (Å²) in [7, 11) is 0. The van der Waals surface area contributed by atoms with Gasteiger partial charge in [0.15, 0.2) is 0 Å². The van der Waals surface area contributed by atoms with Crippen molar-refractivity contribution in [1.82, 2.24) is 10.2 Å². The highest BCUT2D eigenvalue weighted by atomic mass is 16.2. The molecule has 0 spiro atoms. The maximum Gasteiger partial charge on any atom is 0.222 e. The molecule has 2 unspecified atom stereocenters. The van der Waals surface area contributed by atoms with Crippen LogP contribution < -0.4 is 5.32 Å². The van der Waals surface area contributed by atoms with Gasteiger partial charge in [0.25, 0.3) is 0 Å². The van der Waals surface area contributed by atoms with Gasteiger partial charge in [0.2, 0.25) is 5.91 Å². The SMILES string of the molecule is CCC(C)CC(=O)N(CC)CC1CCCNC1. The first-order valence-corrected chi connectivity index (χ1v) is 7.15. The van der Waals surface area contributed by atoms with Gasteiger partial charge in [-0.3, -0.25) is 4.79 Å². The zero-order valence-electron chi connectivity index (χ0n) is 11.7. The molecule has 1 aliphatic rings. The summed E-state index contributed by atoms with van der Waals surface area (Å²) < 4.78 is 0. The summed E-state index contributed by atoms with van der Waals surface area (Å²) in [6, 6.07) is 0. The Balaban J connectivity index is 2.37. The second-order valence-corrected chi connectivity index (χ2v) is 5.36. The van der Waals surface area contributed by atoms with E-state index in [-0.39, 0.29) is 0 Å². The predicted octanol–water partition coefficient (Wildman–Crippen LogP) is 2.27. The van der Waals surface area contributed by atoms with Crippen molar-refractivity contribution in [3.05, 3.63) is 0 Å². The van der Waals surface area contributed by atoms with E-state index in [1.54, 1.807) is 0 Å². The Morgan fingerprint density at radius 1 is 1.47 bits per heavy atom. The highest BCUT2D eigenvalue weighted by Crippen LogP contribution is 2.14. The monoisotopic (exact) mass is 240 g/mol. The first-order valence-electron chi connectivity index (χ1n) is 7.15. The lowest BCUT2D eigenvalue weighted by molar-refractivity contribution is -0.132. The largest absolute Gasteiger partial charge is 0.343 e. The molecule has 0 aromatic carbocycles. The Kier molecular flexibility index (Phi) is 6.56. The molecule has 1 amide bonds. The molecule has 1 N–H and O–H groups in total. The lowest BCUT2D eigenvalue weighted by atomic mass is 9.98. The topological polar surface area (TPSA) is 32.3 Å². The summed E-state index contributed by atoms with van der Waals surface area (Å²) in [5.74, 6) is 1.51. The average molecular weight is 240 g/mol. The van der Waals surface area contributed by atoms with Crippen molar-refractivity contribution in [2.75, 3.05) is 26.2 Å². The molecule has 1 rings (SSSR count). The standard InChI is InChI=1S/C14H28N2O/c1-4-12(3)9-14(17)16(5-2)11-13-7-6-8-15-10-13/h12-13,15H,4-11H2,1-3H3. The number of piperidine rings is 1. The van der Waals surface area contributed by atoms with Crippen molar-refractivity contribution in [3.63, 3.8) is 0 Å². The van der Waals surface area contributed by atoms with E-state index in [0.717, 1.165) is 32.6 Å².